The largest absolute Gasteiger partial charge is 0.311 e. The van der Waals surface area contributed by atoms with Gasteiger partial charge in [0.2, 0.25) is 0 Å². The normalized spacial score (nSPS) is 13.2. The molecule has 0 saturated carbocycles. The lowest BCUT2D eigenvalue weighted by Crippen LogP contribution is -2.29. The molecule has 0 bridgehead atoms. The molecular formula is C25H26N2O3S. The first kappa shape index (κ1) is 21.1. The molecule has 1 heterocycles. The number of fused-ring (bicyclic) bond motifs is 1. The molecule has 6 heteroatoms. The standard InChI is InChI=1S/C25H26N2O3S/c1-17-5-10-23(11-6-17)31(29,30)27-14-13-20-16-21(8-12-24(20)27)25(28)26(4)22-9-7-18(2)19(3)15-22/h5-12,15-16H,13-14H2,1-4H3. The number of carbonyl (C=O) groups is 1. The molecule has 1 aliphatic rings. The van der Waals surface area contributed by atoms with Crippen molar-refractivity contribution < 1.29 is 13.2 Å². The Labute approximate surface area is 184 Å². The second-order valence-corrected chi connectivity index (χ2v) is 9.98. The molecule has 160 valence electrons. The molecule has 1 aliphatic heterocycles. The van der Waals surface area contributed by atoms with Gasteiger partial charge in [0, 0.05) is 24.8 Å². The van der Waals surface area contributed by atoms with Gasteiger partial charge in [-0.15, -0.1) is 0 Å². The summed E-state index contributed by atoms with van der Waals surface area (Å²) in [7, 11) is -1.87. The van der Waals surface area contributed by atoms with Crippen molar-refractivity contribution in [2.24, 2.45) is 0 Å². The maximum absolute atomic E-state index is 13.1. The SMILES string of the molecule is Cc1ccc(S(=O)(=O)N2CCc3cc(C(=O)N(C)c4ccc(C)c(C)c4)ccc32)cc1. The zero-order valence-electron chi connectivity index (χ0n) is 18.2. The molecule has 0 unspecified atom stereocenters. The van der Waals surface area contributed by atoms with Gasteiger partial charge in [-0.1, -0.05) is 23.8 Å². The molecule has 4 rings (SSSR count). The van der Waals surface area contributed by atoms with Gasteiger partial charge in [-0.2, -0.15) is 0 Å². The molecule has 0 aliphatic carbocycles. The van der Waals surface area contributed by atoms with Crippen LogP contribution in [-0.2, 0) is 16.4 Å². The van der Waals surface area contributed by atoms with Gasteiger partial charge < -0.3 is 4.90 Å². The maximum Gasteiger partial charge on any atom is 0.264 e. The maximum atomic E-state index is 13.1. The van der Waals surface area contributed by atoms with Crippen molar-refractivity contribution in [3.05, 3.63) is 88.5 Å². The molecular weight excluding hydrogens is 408 g/mol. The average molecular weight is 435 g/mol. The van der Waals surface area contributed by atoms with E-state index in [0.29, 0.717) is 24.2 Å². The van der Waals surface area contributed by atoms with Gasteiger partial charge in [-0.05, 0) is 86.3 Å². The van der Waals surface area contributed by atoms with Gasteiger partial charge in [0.05, 0.1) is 10.6 Å². The number of aryl methyl sites for hydroxylation is 3. The Balaban J connectivity index is 1.62. The number of nitrogens with zero attached hydrogens (tertiary/aromatic N) is 2. The van der Waals surface area contributed by atoms with Crippen LogP contribution in [0.25, 0.3) is 0 Å². The van der Waals surface area contributed by atoms with Gasteiger partial charge in [-0.25, -0.2) is 8.42 Å². The number of sulfonamides is 1. The quantitative estimate of drug-likeness (QED) is 0.601. The molecule has 31 heavy (non-hydrogen) atoms. The molecule has 0 spiro atoms. The van der Waals surface area contributed by atoms with Gasteiger partial charge in [-0.3, -0.25) is 9.10 Å². The summed E-state index contributed by atoms with van der Waals surface area (Å²) in [6, 6.07) is 18.1. The lowest BCUT2D eigenvalue weighted by molar-refractivity contribution is 0.0993. The Hall–Kier alpha value is -3.12. The Bertz CT molecular complexity index is 1260. The summed E-state index contributed by atoms with van der Waals surface area (Å²) in [5.74, 6) is -0.120. The van der Waals surface area contributed by atoms with Crippen LogP contribution in [0, 0.1) is 20.8 Å². The van der Waals surface area contributed by atoms with Crippen molar-refractivity contribution in [3.63, 3.8) is 0 Å². The van der Waals surface area contributed by atoms with Crippen molar-refractivity contribution in [3.8, 4) is 0 Å². The Morgan fingerprint density at radius 3 is 2.29 bits per heavy atom. The number of hydrogen-bond donors (Lipinski definition) is 0. The molecule has 0 atom stereocenters. The Morgan fingerprint density at radius 2 is 1.61 bits per heavy atom. The van der Waals surface area contributed by atoms with E-state index in [1.54, 1.807) is 48.3 Å². The zero-order valence-corrected chi connectivity index (χ0v) is 19.0. The van der Waals surface area contributed by atoms with E-state index in [2.05, 4.69) is 0 Å². The highest BCUT2D eigenvalue weighted by Gasteiger charge is 2.31. The molecule has 0 saturated heterocycles. The lowest BCUT2D eigenvalue weighted by atomic mass is 10.1. The van der Waals surface area contributed by atoms with Crippen LogP contribution in [0.15, 0.2) is 65.6 Å². The number of anilines is 2. The smallest absolute Gasteiger partial charge is 0.264 e. The monoisotopic (exact) mass is 434 g/mol. The Kier molecular flexibility index (Phi) is 5.35. The van der Waals surface area contributed by atoms with Crippen LogP contribution in [0.3, 0.4) is 0 Å². The minimum absolute atomic E-state index is 0.120. The summed E-state index contributed by atoms with van der Waals surface area (Å²) < 4.78 is 27.7. The lowest BCUT2D eigenvalue weighted by Gasteiger charge is -2.21. The first-order valence-electron chi connectivity index (χ1n) is 10.3. The van der Waals surface area contributed by atoms with E-state index in [9.17, 15) is 13.2 Å². The topological polar surface area (TPSA) is 57.7 Å². The zero-order chi connectivity index (χ0) is 22.3. The van der Waals surface area contributed by atoms with E-state index in [1.807, 2.05) is 45.0 Å². The molecule has 1 amide bonds. The van der Waals surface area contributed by atoms with Crippen molar-refractivity contribution in [2.45, 2.75) is 32.1 Å². The first-order valence-corrected chi connectivity index (χ1v) is 11.7. The molecule has 0 fully saturated rings. The van der Waals surface area contributed by atoms with Gasteiger partial charge >= 0.3 is 0 Å². The number of benzene rings is 3. The molecule has 0 radical (unpaired) electrons. The minimum Gasteiger partial charge on any atom is -0.311 e. The number of rotatable bonds is 4. The summed E-state index contributed by atoms with van der Waals surface area (Å²) in [6.45, 7) is 6.36. The predicted octanol–water partition coefficient (Wildman–Crippen LogP) is 4.64. The van der Waals surface area contributed by atoms with E-state index >= 15 is 0 Å². The minimum atomic E-state index is -3.63. The van der Waals surface area contributed by atoms with E-state index in [4.69, 9.17) is 0 Å². The van der Waals surface area contributed by atoms with Crippen molar-refractivity contribution in [2.75, 3.05) is 22.8 Å². The van der Waals surface area contributed by atoms with Crippen LogP contribution in [0.1, 0.15) is 32.6 Å². The fraction of sp³-hybridized carbons (Fsp3) is 0.240. The molecule has 5 nitrogen and oxygen atoms in total. The van der Waals surface area contributed by atoms with Crippen LogP contribution in [0.4, 0.5) is 11.4 Å². The van der Waals surface area contributed by atoms with E-state index in [-0.39, 0.29) is 10.8 Å². The van der Waals surface area contributed by atoms with Crippen LogP contribution in [0.2, 0.25) is 0 Å². The number of hydrogen-bond acceptors (Lipinski definition) is 3. The number of amides is 1. The predicted molar refractivity (Wildman–Crippen MR) is 125 cm³/mol. The van der Waals surface area contributed by atoms with Gasteiger partial charge in [0.1, 0.15) is 0 Å². The summed E-state index contributed by atoms with van der Waals surface area (Å²) in [5, 5.41) is 0. The third-order valence-corrected chi connectivity index (χ3v) is 7.80. The first-order chi connectivity index (χ1) is 14.7. The second kappa shape index (κ2) is 7.85. The van der Waals surface area contributed by atoms with Crippen LogP contribution < -0.4 is 9.21 Å². The van der Waals surface area contributed by atoms with Crippen molar-refractivity contribution in [1.29, 1.82) is 0 Å². The highest BCUT2D eigenvalue weighted by molar-refractivity contribution is 7.92. The van der Waals surface area contributed by atoms with Crippen molar-refractivity contribution in [1.82, 2.24) is 0 Å². The number of carbonyl (C=O) groups excluding carboxylic acids is 1. The van der Waals surface area contributed by atoms with E-state index in [0.717, 1.165) is 22.4 Å². The fourth-order valence-electron chi connectivity index (χ4n) is 3.84. The van der Waals surface area contributed by atoms with Gasteiger partial charge in [0.15, 0.2) is 0 Å². The molecule has 0 N–H and O–H groups in total. The molecule has 3 aromatic carbocycles. The van der Waals surface area contributed by atoms with Crippen molar-refractivity contribution >= 4 is 27.3 Å². The third-order valence-electron chi connectivity index (χ3n) is 5.97. The Morgan fingerprint density at radius 1 is 0.903 bits per heavy atom. The van der Waals surface area contributed by atoms with E-state index < -0.39 is 10.0 Å². The third kappa shape index (κ3) is 3.83. The fourth-order valence-corrected chi connectivity index (χ4v) is 5.34. The molecule has 0 aromatic heterocycles. The summed E-state index contributed by atoms with van der Waals surface area (Å²) in [4.78, 5) is 15.0. The summed E-state index contributed by atoms with van der Waals surface area (Å²) >= 11 is 0. The van der Waals surface area contributed by atoms with E-state index in [1.165, 1.54) is 9.87 Å². The average Bonchev–Trinajstić information content (AvgIpc) is 3.19. The highest BCUT2D eigenvalue weighted by atomic mass is 32.2. The second-order valence-electron chi connectivity index (χ2n) is 8.12. The van der Waals surface area contributed by atoms with Gasteiger partial charge in [0.25, 0.3) is 15.9 Å². The van der Waals surface area contributed by atoms with Crippen LogP contribution >= 0.6 is 0 Å². The summed E-state index contributed by atoms with van der Waals surface area (Å²) in [6.07, 6.45) is 0.578. The molecule has 3 aromatic rings. The summed E-state index contributed by atoms with van der Waals surface area (Å²) in [5.41, 5.74) is 6.21. The van der Waals surface area contributed by atoms with Crippen LogP contribution in [-0.4, -0.2) is 27.9 Å². The van der Waals surface area contributed by atoms with Crippen LogP contribution in [0.5, 0.6) is 0 Å². The highest BCUT2D eigenvalue weighted by Crippen LogP contribution is 2.34.